The van der Waals surface area contributed by atoms with Gasteiger partial charge in [-0.05, 0) is 186 Å². The lowest BCUT2D eigenvalue weighted by molar-refractivity contribution is -0.118. The Kier molecular flexibility index (Phi) is 31.9. The number of aromatic nitrogens is 12. The van der Waals surface area contributed by atoms with Gasteiger partial charge in [0.15, 0.2) is 0 Å². The molecule has 9 N–H and O–H groups in total. The maximum atomic E-state index is 13.1. The number of nitrogens with one attached hydrogen (secondary N) is 9. The number of H-pyrrole nitrogens is 3. The Morgan fingerprint density at radius 2 is 0.659 bits per heavy atom. The molecule has 0 aliphatic carbocycles. The van der Waals surface area contributed by atoms with Crippen LogP contribution in [0, 0.1) is 0 Å². The van der Waals surface area contributed by atoms with Crippen LogP contribution in [0.4, 0.5) is 34.5 Å². The summed E-state index contributed by atoms with van der Waals surface area (Å²) in [4.78, 5) is 145. The van der Waals surface area contributed by atoms with Crippen LogP contribution >= 0.6 is 0 Å². The largest absolute Gasteiger partial charge is 0.378 e. The van der Waals surface area contributed by atoms with Crippen LogP contribution in [0.25, 0.3) is 66.9 Å². The number of amides is 6. The molecule has 6 aliphatic rings. The van der Waals surface area contributed by atoms with E-state index in [0.717, 1.165) is 225 Å². The molecule has 0 spiro atoms. The molecule has 0 saturated carbocycles. The predicted molar refractivity (Wildman–Crippen MR) is 522 cm³/mol. The first-order valence-corrected chi connectivity index (χ1v) is 45.9. The van der Waals surface area contributed by atoms with Gasteiger partial charge in [-0.25, -0.2) is 29.9 Å². The molecule has 18 rings (SSSR count). The average molecular weight is 1830 g/mol. The van der Waals surface area contributed by atoms with E-state index >= 15 is 0 Å². The summed E-state index contributed by atoms with van der Waals surface area (Å²) in [5, 5.41) is 21.0. The number of carbonyl (C=O) groups excluding carboxylic acids is 6. The van der Waals surface area contributed by atoms with E-state index in [1.165, 1.54) is 0 Å². The second-order valence-corrected chi connectivity index (χ2v) is 35.2. The van der Waals surface area contributed by atoms with Crippen LogP contribution in [-0.2, 0) is 48.2 Å². The maximum Gasteiger partial charge on any atom is 0.274 e. The molecule has 36 heteroatoms. The van der Waals surface area contributed by atoms with E-state index in [1.807, 2.05) is 184 Å². The normalized spacial score (nSPS) is 16.6. The highest BCUT2D eigenvalue weighted by molar-refractivity contribution is 6.05. The van der Waals surface area contributed by atoms with E-state index in [-0.39, 0.29) is 53.6 Å². The van der Waals surface area contributed by atoms with Crippen molar-refractivity contribution in [3.63, 3.8) is 0 Å². The Morgan fingerprint density at radius 1 is 0.356 bits per heavy atom. The minimum absolute atomic E-state index is 0.0366. The third-order valence-corrected chi connectivity index (χ3v) is 24.0. The number of ether oxygens (including phenoxy) is 3. The molecule has 1 atom stereocenters. The minimum Gasteiger partial charge on any atom is -0.378 e. The molecule has 0 radical (unpaired) electrons. The number of pyridine rings is 3. The van der Waals surface area contributed by atoms with Crippen LogP contribution in [0.2, 0.25) is 0 Å². The quantitative estimate of drug-likeness (QED) is 0.0190. The second kappa shape index (κ2) is 45.7. The van der Waals surface area contributed by atoms with Crippen molar-refractivity contribution in [2.75, 3.05) is 211 Å². The molecule has 36 nitrogen and oxygen atoms in total. The van der Waals surface area contributed by atoms with Gasteiger partial charge in [0.1, 0.15) is 70.5 Å². The zero-order chi connectivity index (χ0) is 93.5. The molecule has 1 unspecified atom stereocenters. The van der Waals surface area contributed by atoms with E-state index in [4.69, 9.17) is 14.2 Å². The van der Waals surface area contributed by atoms with Crippen molar-refractivity contribution in [2.24, 2.45) is 0 Å². The average Bonchev–Trinajstić information content (AvgIpc) is 1.65. The zero-order valence-corrected chi connectivity index (χ0v) is 77.1. The van der Waals surface area contributed by atoms with Crippen molar-refractivity contribution < 1.29 is 43.0 Å². The van der Waals surface area contributed by atoms with E-state index in [1.54, 1.807) is 55.8 Å². The summed E-state index contributed by atoms with van der Waals surface area (Å²) in [5.41, 5.74) is 14.2. The van der Waals surface area contributed by atoms with E-state index < -0.39 is 0 Å². The third kappa shape index (κ3) is 26.1. The molecule has 135 heavy (non-hydrogen) atoms. The molecule has 6 amide bonds. The monoisotopic (exact) mass is 1830 g/mol. The Hall–Kier alpha value is -14.0. The Labute approximate surface area is 783 Å². The molecule has 6 fully saturated rings. The molecular formula is C99H117N27O9. The van der Waals surface area contributed by atoms with Crippen LogP contribution in [0.5, 0.6) is 0 Å². The van der Waals surface area contributed by atoms with Crippen LogP contribution in [0.3, 0.4) is 0 Å². The van der Waals surface area contributed by atoms with Gasteiger partial charge in [0.05, 0.1) is 61.8 Å². The highest BCUT2D eigenvalue weighted by Gasteiger charge is 2.30. The van der Waals surface area contributed by atoms with Gasteiger partial charge in [-0.2, -0.15) is 0 Å². The number of rotatable bonds is 30. The zero-order valence-electron chi connectivity index (χ0n) is 77.1. The summed E-state index contributed by atoms with van der Waals surface area (Å²) in [5.74, 6) is 1.76. The van der Waals surface area contributed by atoms with Crippen molar-refractivity contribution in [3.05, 3.63) is 235 Å². The summed E-state index contributed by atoms with van der Waals surface area (Å²) in [7, 11) is 11.8. The number of anilines is 6. The fourth-order valence-electron chi connectivity index (χ4n) is 17.0. The van der Waals surface area contributed by atoms with Gasteiger partial charge >= 0.3 is 0 Å². The standard InChI is InChI=1S/C34H41N9O3.C33H39N9O3.C32H37N9O3/c1-41(2)13-3-4-31(44)38-27-10-14-42(15-11-27)22-24-9-12-35-30(20-24)34(45)39-26-7-5-25(6-8-26)29-21-28-32(40-29)36-23-37-33(28)43-16-18-46-19-17-43;1-40(2)12-3-4-30(43)37-26-10-13-41(21-26)20-23-9-11-34-29(18-23)33(44)38-25-7-5-24(6-8-25)28-19-27-31(39-28)35-22-36-32(27)42-14-16-45-17-15-42;1-39(2)11-3-4-29(42)36-25-19-40(20-25)18-22-9-10-33-28(16-22)32(43)37-24-7-5-23(6-8-24)27-17-26-30(38-27)34-21-35-31(26)41-12-14-44-15-13-41/h3-9,12,20-21,23,27H,10-11,13-19,22H2,1-2H3,(H,38,44)(H,39,45)(H,36,37,40);3-9,11,18-19,22,26H,10,12-17,20-21H2,1-2H3,(H,37,43)(H,38,44)(H,35,36,39);3-10,16-17,21,25H,11-15,18-20H2,1-2H3,(H,36,42)(H,37,43)(H,34,35,38)/b3*4-3+. The number of hydrogen-bond donors (Lipinski definition) is 9. The van der Waals surface area contributed by atoms with E-state index in [9.17, 15) is 28.8 Å². The van der Waals surface area contributed by atoms with Crippen LogP contribution in [-0.4, -0.2) is 323 Å². The number of carbonyl (C=O) groups is 6. The molecular weight excluding hydrogens is 1710 g/mol. The van der Waals surface area contributed by atoms with Crippen LogP contribution in [0.15, 0.2) is 201 Å². The number of piperidine rings is 1. The first-order valence-electron chi connectivity index (χ1n) is 45.9. The molecule has 702 valence electrons. The van der Waals surface area contributed by atoms with Gasteiger partial charge in [0, 0.05) is 201 Å². The second-order valence-electron chi connectivity index (χ2n) is 35.2. The molecule has 6 aliphatic heterocycles. The molecule has 0 bridgehead atoms. The number of hydrogen-bond acceptors (Lipinski definition) is 27. The summed E-state index contributed by atoms with van der Waals surface area (Å²) in [6.45, 7) is 18.1. The van der Waals surface area contributed by atoms with Gasteiger partial charge in [0.25, 0.3) is 17.7 Å². The first-order chi connectivity index (χ1) is 65.7. The van der Waals surface area contributed by atoms with Crippen molar-refractivity contribution in [1.82, 2.24) is 105 Å². The van der Waals surface area contributed by atoms with Gasteiger partial charge in [-0.1, -0.05) is 54.6 Å². The smallest absolute Gasteiger partial charge is 0.274 e. The fourth-order valence-corrected chi connectivity index (χ4v) is 17.0. The van der Waals surface area contributed by atoms with Gasteiger partial charge in [0.2, 0.25) is 17.7 Å². The lowest BCUT2D eigenvalue weighted by Crippen LogP contribution is -2.58. The van der Waals surface area contributed by atoms with Crippen molar-refractivity contribution in [3.8, 4) is 33.8 Å². The maximum absolute atomic E-state index is 13.1. The van der Waals surface area contributed by atoms with E-state index in [0.29, 0.717) is 86.9 Å². The number of nitrogens with zero attached hydrogens (tertiary/aromatic N) is 18. The SMILES string of the molecule is CN(C)C/C=C/C(=O)NC1CCN(Cc2ccnc(C(=O)Nc3ccc(-c4cc5c(N6CCOCC6)ncnc5[nH]4)cc3)c2)C1.CN(C)C/C=C/C(=O)NC1CCN(Cc2ccnc(C(=O)Nc3ccc(-c4cc5c(N6CCOCC6)ncnc5[nH]4)cc3)c2)CC1.CN(C)C/C=C/C(=O)NC1CN(Cc2ccnc(C(=O)Nc3ccc(-c4cc5c(N6CCOCC6)ncnc5[nH]4)cc3)c2)C1. The summed E-state index contributed by atoms with van der Waals surface area (Å²) < 4.78 is 16.5. The van der Waals surface area contributed by atoms with Crippen molar-refractivity contribution >= 4 is 103 Å². The Bertz CT molecular complexity index is 6150. The number of likely N-dealkylation sites (N-methyl/N-ethyl adjacent to an activating group) is 3. The topological polar surface area (TPSA) is 395 Å². The number of benzene rings is 3. The van der Waals surface area contributed by atoms with Gasteiger partial charge < -0.3 is 90.5 Å². The first kappa shape index (κ1) is 94.3. The predicted octanol–water partition coefficient (Wildman–Crippen LogP) is 8.75. The summed E-state index contributed by atoms with van der Waals surface area (Å²) >= 11 is 0. The molecule has 12 aromatic rings. The molecule has 9 aromatic heterocycles. The lowest BCUT2D eigenvalue weighted by atomic mass is 10.0. The fraction of sp³-hybridized carbons (Fsp3) is 0.364. The van der Waals surface area contributed by atoms with Crippen LogP contribution in [0.1, 0.15) is 67.4 Å². The highest BCUT2D eigenvalue weighted by atomic mass is 16.5. The van der Waals surface area contributed by atoms with Gasteiger partial charge in [-0.15, -0.1) is 0 Å². The molecule has 15 heterocycles. The summed E-state index contributed by atoms with van der Waals surface area (Å²) in [6.07, 6.45) is 22.8. The van der Waals surface area contributed by atoms with Crippen LogP contribution < -0.4 is 46.6 Å². The lowest BCUT2D eigenvalue weighted by Gasteiger charge is -2.39. The Balaban J connectivity index is 0.000000147. The third-order valence-electron chi connectivity index (χ3n) is 24.0. The minimum atomic E-state index is -0.270. The number of aromatic amines is 3. The number of likely N-dealkylation sites (tertiary alicyclic amines) is 3. The molecule has 6 saturated heterocycles. The van der Waals surface area contributed by atoms with Gasteiger partial charge in [-0.3, -0.25) is 58.4 Å². The Morgan fingerprint density at radius 3 is 1.01 bits per heavy atom. The molecule has 3 aromatic carbocycles. The summed E-state index contributed by atoms with van der Waals surface area (Å²) in [6, 6.07) is 41.0. The van der Waals surface area contributed by atoms with Crippen molar-refractivity contribution in [1.29, 1.82) is 0 Å². The van der Waals surface area contributed by atoms with E-state index in [2.05, 4.69) is 139 Å². The highest BCUT2D eigenvalue weighted by Crippen LogP contribution is 2.35. The number of morpholine rings is 3. The number of fused-ring (bicyclic) bond motifs is 3. The van der Waals surface area contributed by atoms with Crippen molar-refractivity contribution in [2.45, 2.75) is 57.0 Å².